The van der Waals surface area contributed by atoms with Gasteiger partial charge in [-0.3, -0.25) is 19.6 Å². The molecule has 1 amide bonds. The fourth-order valence-electron chi connectivity index (χ4n) is 2.94. The number of nitrogens with zero attached hydrogens (tertiary/aromatic N) is 3. The lowest BCUT2D eigenvalue weighted by atomic mass is 10.1. The van der Waals surface area contributed by atoms with E-state index in [-0.39, 0.29) is 28.7 Å². The minimum absolute atomic E-state index is 0.0270. The fraction of sp³-hybridized carbons (Fsp3) is 0.353. The number of piperidine rings is 1. The van der Waals surface area contributed by atoms with E-state index in [0.29, 0.717) is 0 Å². The molecule has 1 saturated heterocycles. The fourth-order valence-corrected chi connectivity index (χ4v) is 2.94. The molecule has 1 atom stereocenters. The smallest absolute Gasteiger partial charge is 0.338 e. The van der Waals surface area contributed by atoms with Crippen molar-refractivity contribution in [1.29, 1.82) is 0 Å². The third kappa shape index (κ3) is 4.29. The number of non-ortho nitro benzene ring substituents is 1. The first kappa shape index (κ1) is 18.5. The molecule has 1 unspecified atom stereocenters. The van der Waals surface area contributed by atoms with Crippen molar-refractivity contribution in [2.75, 3.05) is 25.5 Å². The number of nitro benzene ring substituents is 1. The van der Waals surface area contributed by atoms with Gasteiger partial charge in [0.25, 0.3) is 11.6 Å². The van der Waals surface area contributed by atoms with Crippen LogP contribution in [-0.2, 0) is 4.74 Å². The van der Waals surface area contributed by atoms with Gasteiger partial charge in [-0.05, 0) is 31.5 Å². The van der Waals surface area contributed by atoms with Crippen molar-refractivity contribution < 1.29 is 19.2 Å². The lowest BCUT2D eigenvalue weighted by Gasteiger charge is -2.22. The van der Waals surface area contributed by atoms with Crippen LogP contribution in [0.4, 0.5) is 11.4 Å². The summed E-state index contributed by atoms with van der Waals surface area (Å²) < 4.78 is 6.33. The number of carbonyl (C=O) groups is 2. The van der Waals surface area contributed by atoms with Crippen molar-refractivity contribution >= 4 is 23.3 Å². The first-order valence-electron chi connectivity index (χ1n) is 8.43. The molecule has 1 aromatic carbocycles. The standard InChI is InChI=1S/C17H19N5O5/c1-27-17(24)11-7-12(9-14(8-11)22(25)26)19-16(23)15-4-6-21(20-15)13-3-2-5-18-10-13/h4,6-9,13,18H,2-3,5,10H2,1H3,(H,19,23). The number of carbonyl (C=O) groups excluding carboxylic acids is 2. The molecule has 3 rings (SSSR count). The van der Waals surface area contributed by atoms with Crippen molar-refractivity contribution in [1.82, 2.24) is 15.1 Å². The van der Waals surface area contributed by atoms with Crippen LogP contribution in [0, 0.1) is 10.1 Å². The molecular formula is C17H19N5O5. The maximum absolute atomic E-state index is 12.5. The number of hydrogen-bond acceptors (Lipinski definition) is 7. The van der Waals surface area contributed by atoms with Crippen LogP contribution in [0.15, 0.2) is 30.5 Å². The Bertz CT molecular complexity index is 872. The van der Waals surface area contributed by atoms with Crippen molar-refractivity contribution in [2.24, 2.45) is 0 Å². The molecule has 0 radical (unpaired) electrons. The largest absolute Gasteiger partial charge is 0.465 e. The van der Waals surface area contributed by atoms with Gasteiger partial charge in [-0.25, -0.2) is 4.79 Å². The highest BCUT2D eigenvalue weighted by molar-refractivity contribution is 6.03. The molecule has 142 valence electrons. The summed E-state index contributed by atoms with van der Waals surface area (Å²) in [5, 5.41) is 21.2. The summed E-state index contributed by atoms with van der Waals surface area (Å²) in [7, 11) is 1.17. The van der Waals surface area contributed by atoms with Crippen LogP contribution in [0.3, 0.4) is 0 Å². The Balaban J connectivity index is 1.79. The average Bonchev–Trinajstić information content (AvgIpc) is 3.18. The highest BCUT2D eigenvalue weighted by atomic mass is 16.6. The van der Waals surface area contributed by atoms with Gasteiger partial charge in [0.2, 0.25) is 0 Å². The number of nitro groups is 1. The Kier molecular flexibility index (Phi) is 5.46. The summed E-state index contributed by atoms with van der Waals surface area (Å²) in [6.07, 6.45) is 3.75. The predicted octanol–water partition coefficient (Wildman–Crippen LogP) is 1.75. The number of aromatic nitrogens is 2. The van der Waals surface area contributed by atoms with Gasteiger partial charge in [0.05, 0.1) is 23.6 Å². The topological polar surface area (TPSA) is 128 Å². The molecule has 10 heteroatoms. The minimum Gasteiger partial charge on any atom is -0.465 e. The second-order valence-corrected chi connectivity index (χ2v) is 6.15. The molecule has 0 bridgehead atoms. The Morgan fingerprint density at radius 1 is 1.41 bits per heavy atom. The van der Waals surface area contributed by atoms with E-state index in [1.165, 1.54) is 19.2 Å². The molecular weight excluding hydrogens is 354 g/mol. The number of benzene rings is 1. The third-order valence-electron chi connectivity index (χ3n) is 4.29. The Morgan fingerprint density at radius 2 is 2.22 bits per heavy atom. The van der Waals surface area contributed by atoms with Gasteiger partial charge in [0.1, 0.15) is 0 Å². The number of nitrogens with one attached hydrogen (secondary N) is 2. The zero-order chi connectivity index (χ0) is 19.4. The zero-order valence-corrected chi connectivity index (χ0v) is 14.7. The van der Waals surface area contributed by atoms with Gasteiger partial charge in [0.15, 0.2) is 5.69 Å². The van der Waals surface area contributed by atoms with E-state index in [1.807, 2.05) is 0 Å². The number of rotatable bonds is 5. The molecule has 1 fully saturated rings. The first-order valence-corrected chi connectivity index (χ1v) is 8.43. The Labute approximate surface area is 154 Å². The number of anilines is 1. The van der Waals surface area contributed by atoms with Crippen LogP contribution in [0.25, 0.3) is 0 Å². The number of ether oxygens (including phenoxy) is 1. The molecule has 2 N–H and O–H groups in total. The summed E-state index contributed by atoms with van der Waals surface area (Å²) in [6, 6.07) is 5.35. The molecule has 27 heavy (non-hydrogen) atoms. The van der Waals surface area contributed by atoms with E-state index in [0.717, 1.165) is 32.0 Å². The van der Waals surface area contributed by atoms with E-state index >= 15 is 0 Å². The third-order valence-corrected chi connectivity index (χ3v) is 4.29. The van der Waals surface area contributed by atoms with Gasteiger partial charge >= 0.3 is 5.97 Å². The van der Waals surface area contributed by atoms with Crippen molar-refractivity contribution in [3.63, 3.8) is 0 Å². The van der Waals surface area contributed by atoms with Crippen molar-refractivity contribution in [3.8, 4) is 0 Å². The molecule has 0 saturated carbocycles. The van der Waals surface area contributed by atoms with Crippen molar-refractivity contribution in [2.45, 2.75) is 18.9 Å². The molecule has 2 heterocycles. The van der Waals surface area contributed by atoms with Crippen LogP contribution < -0.4 is 10.6 Å². The highest BCUT2D eigenvalue weighted by Crippen LogP contribution is 2.22. The number of esters is 1. The maximum atomic E-state index is 12.5. The van der Waals surface area contributed by atoms with E-state index in [9.17, 15) is 19.7 Å². The number of amides is 1. The van der Waals surface area contributed by atoms with E-state index in [1.54, 1.807) is 16.9 Å². The predicted molar refractivity (Wildman–Crippen MR) is 95.8 cm³/mol. The Morgan fingerprint density at radius 3 is 2.89 bits per heavy atom. The molecule has 10 nitrogen and oxygen atoms in total. The van der Waals surface area contributed by atoms with Crippen LogP contribution >= 0.6 is 0 Å². The molecule has 1 aliphatic rings. The maximum Gasteiger partial charge on any atom is 0.338 e. The summed E-state index contributed by atoms with van der Waals surface area (Å²) in [5.74, 6) is -1.25. The lowest BCUT2D eigenvalue weighted by molar-refractivity contribution is -0.384. The molecule has 0 aliphatic carbocycles. The molecule has 0 spiro atoms. The summed E-state index contributed by atoms with van der Waals surface area (Å²) in [4.78, 5) is 34.6. The molecule has 2 aromatic rings. The van der Waals surface area contributed by atoms with Gasteiger partial charge in [-0.2, -0.15) is 5.10 Å². The zero-order valence-electron chi connectivity index (χ0n) is 14.7. The second kappa shape index (κ2) is 7.96. The van der Waals surface area contributed by atoms with E-state index in [4.69, 9.17) is 0 Å². The number of methoxy groups -OCH3 is 1. The van der Waals surface area contributed by atoms with Crippen LogP contribution in [0.2, 0.25) is 0 Å². The molecule has 1 aliphatic heterocycles. The van der Waals surface area contributed by atoms with Gasteiger partial charge in [-0.1, -0.05) is 0 Å². The highest BCUT2D eigenvalue weighted by Gasteiger charge is 2.20. The minimum atomic E-state index is -0.733. The van der Waals surface area contributed by atoms with Crippen molar-refractivity contribution in [3.05, 3.63) is 51.8 Å². The monoisotopic (exact) mass is 373 g/mol. The lowest BCUT2D eigenvalue weighted by Crippen LogP contribution is -2.32. The van der Waals surface area contributed by atoms with Gasteiger partial charge < -0.3 is 15.4 Å². The van der Waals surface area contributed by atoms with E-state index in [2.05, 4.69) is 20.5 Å². The summed E-state index contributed by atoms with van der Waals surface area (Å²) in [5.41, 5.74) is -0.0528. The van der Waals surface area contributed by atoms with Gasteiger partial charge in [-0.15, -0.1) is 0 Å². The normalized spacial score (nSPS) is 16.6. The summed E-state index contributed by atoms with van der Waals surface area (Å²) >= 11 is 0. The quantitative estimate of drug-likeness (QED) is 0.464. The average molecular weight is 373 g/mol. The molecule has 1 aromatic heterocycles. The second-order valence-electron chi connectivity index (χ2n) is 6.15. The van der Waals surface area contributed by atoms with E-state index < -0.39 is 16.8 Å². The summed E-state index contributed by atoms with van der Waals surface area (Å²) in [6.45, 7) is 1.76. The SMILES string of the molecule is COC(=O)c1cc(NC(=O)c2ccn(C3CCCNC3)n2)cc([N+](=O)[O-])c1. The van der Waals surface area contributed by atoms with Crippen LogP contribution in [0.5, 0.6) is 0 Å². The number of hydrogen-bond donors (Lipinski definition) is 2. The first-order chi connectivity index (χ1) is 13.0. The van der Waals surface area contributed by atoms with Crippen LogP contribution in [-0.4, -0.2) is 46.8 Å². The van der Waals surface area contributed by atoms with Crippen LogP contribution in [0.1, 0.15) is 39.7 Å². The van der Waals surface area contributed by atoms with Gasteiger partial charge in [0, 0.05) is 30.6 Å². The Hall–Kier alpha value is -3.27.